The van der Waals surface area contributed by atoms with Gasteiger partial charge in [-0.2, -0.15) is 0 Å². The van der Waals surface area contributed by atoms with Crippen molar-refractivity contribution in [3.63, 3.8) is 0 Å². The number of fused-ring (bicyclic) bond motifs is 1. The number of aromatic carboxylic acids is 1. The average molecular weight is 289 g/mol. The van der Waals surface area contributed by atoms with Crippen LogP contribution in [0.5, 0.6) is 0 Å². The molecule has 2 saturated heterocycles. The first-order valence-corrected chi connectivity index (χ1v) is 7.90. The minimum atomic E-state index is -0.865. The average Bonchev–Trinajstić information content (AvgIpc) is 2.94. The summed E-state index contributed by atoms with van der Waals surface area (Å²) in [7, 11) is 0. The van der Waals surface area contributed by atoms with Gasteiger partial charge < -0.3 is 10.0 Å². The third-order valence-electron chi connectivity index (χ3n) is 4.53. The molecule has 3 heterocycles. The zero-order valence-corrected chi connectivity index (χ0v) is 12.6. The molecule has 1 atom stereocenters. The highest BCUT2D eigenvalue weighted by molar-refractivity contribution is 5.88. The molecule has 0 aliphatic carbocycles. The normalized spacial score (nSPS) is 22.3. The summed E-state index contributed by atoms with van der Waals surface area (Å²) in [4.78, 5) is 20.8. The monoisotopic (exact) mass is 289 g/mol. The smallest absolute Gasteiger partial charge is 0.335 e. The van der Waals surface area contributed by atoms with Gasteiger partial charge in [0.25, 0.3) is 0 Å². The van der Waals surface area contributed by atoms with Crippen LogP contribution in [0.3, 0.4) is 0 Å². The molecule has 0 aromatic carbocycles. The van der Waals surface area contributed by atoms with Gasteiger partial charge in [-0.05, 0) is 37.9 Å². The van der Waals surface area contributed by atoms with Crippen LogP contribution in [0.15, 0.2) is 12.1 Å². The Morgan fingerprint density at radius 3 is 3.00 bits per heavy atom. The Balaban J connectivity index is 1.84. The third kappa shape index (κ3) is 3.02. The molecule has 0 amide bonds. The second-order valence-corrected chi connectivity index (χ2v) is 6.04. The lowest BCUT2D eigenvalue weighted by Crippen LogP contribution is -2.50. The molecule has 1 aromatic rings. The minimum Gasteiger partial charge on any atom is -0.478 e. The molecule has 3 rings (SSSR count). The van der Waals surface area contributed by atoms with E-state index in [1.165, 1.54) is 19.4 Å². The maximum atomic E-state index is 11.3. The number of piperazine rings is 1. The van der Waals surface area contributed by atoms with Gasteiger partial charge in [-0.1, -0.05) is 13.3 Å². The highest BCUT2D eigenvalue weighted by Crippen LogP contribution is 2.25. The van der Waals surface area contributed by atoms with E-state index in [1.807, 2.05) is 0 Å². The van der Waals surface area contributed by atoms with Crippen molar-refractivity contribution in [3.05, 3.63) is 23.4 Å². The van der Waals surface area contributed by atoms with E-state index in [9.17, 15) is 9.90 Å². The molecule has 0 spiro atoms. The van der Waals surface area contributed by atoms with Crippen molar-refractivity contribution in [2.75, 3.05) is 31.1 Å². The third-order valence-corrected chi connectivity index (χ3v) is 4.53. The molecule has 2 aliphatic rings. The van der Waals surface area contributed by atoms with Gasteiger partial charge in [0.2, 0.25) is 0 Å². The Bertz CT molecular complexity index is 532. The summed E-state index contributed by atoms with van der Waals surface area (Å²) in [5.74, 6) is -0.0274. The highest BCUT2D eigenvalue weighted by atomic mass is 16.4. The van der Waals surface area contributed by atoms with E-state index < -0.39 is 5.97 Å². The first kappa shape index (κ1) is 14.3. The number of carboxylic acid groups (broad SMARTS) is 1. The first-order chi connectivity index (χ1) is 10.2. The Morgan fingerprint density at radius 1 is 1.38 bits per heavy atom. The van der Waals surface area contributed by atoms with Crippen LogP contribution >= 0.6 is 0 Å². The van der Waals surface area contributed by atoms with E-state index >= 15 is 0 Å². The van der Waals surface area contributed by atoms with Gasteiger partial charge in [-0.25, -0.2) is 9.78 Å². The number of pyridine rings is 1. The summed E-state index contributed by atoms with van der Waals surface area (Å²) in [5.41, 5.74) is 1.25. The number of carbonyl (C=O) groups is 1. The summed E-state index contributed by atoms with van der Waals surface area (Å²) < 4.78 is 0. The lowest BCUT2D eigenvalue weighted by Gasteiger charge is -2.38. The molecular weight excluding hydrogens is 266 g/mol. The van der Waals surface area contributed by atoms with E-state index in [0.29, 0.717) is 11.6 Å². The SMILES string of the molecule is CCCc1cc(C(=O)O)cc(N2CCN3CCCC3C2)n1. The fourth-order valence-electron chi connectivity index (χ4n) is 3.44. The number of rotatable bonds is 4. The van der Waals surface area contributed by atoms with Crippen molar-refractivity contribution in [1.82, 2.24) is 9.88 Å². The van der Waals surface area contributed by atoms with Gasteiger partial charge in [0.05, 0.1) is 5.56 Å². The van der Waals surface area contributed by atoms with Crippen LogP contribution in [0, 0.1) is 0 Å². The van der Waals surface area contributed by atoms with Crippen LogP contribution < -0.4 is 4.90 Å². The highest BCUT2D eigenvalue weighted by Gasteiger charge is 2.31. The molecule has 0 radical (unpaired) electrons. The lowest BCUT2D eigenvalue weighted by molar-refractivity contribution is 0.0696. The van der Waals surface area contributed by atoms with Crippen LogP contribution in [0.25, 0.3) is 0 Å². The fourth-order valence-corrected chi connectivity index (χ4v) is 3.44. The summed E-state index contributed by atoms with van der Waals surface area (Å²) in [6.45, 7) is 6.28. The van der Waals surface area contributed by atoms with Crippen LogP contribution in [0.1, 0.15) is 42.2 Å². The maximum Gasteiger partial charge on any atom is 0.335 e. The number of aryl methyl sites for hydroxylation is 1. The second-order valence-electron chi connectivity index (χ2n) is 6.04. The van der Waals surface area contributed by atoms with Crippen molar-refractivity contribution in [1.29, 1.82) is 0 Å². The van der Waals surface area contributed by atoms with Crippen LogP contribution in [0.2, 0.25) is 0 Å². The topological polar surface area (TPSA) is 56.7 Å². The van der Waals surface area contributed by atoms with Crippen molar-refractivity contribution in [2.45, 2.75) is 38.6 Å². The number of hydrogen-bond acceptors (Lipinski definition) is 4. The summed E-state index contributed by atoms with van der Waals surface area (Å²) in [6.07, 6.45) is 4.34. The quantitative estimate of drug-likeness (QED) is 0.919. The van der Waals surface area contributed by atoms with Gasteiger partial charge in [0.1, 0.15) is 5.82 Å². The molecule has 21 heavy (non-hydrogen) atoms. The molecule has 1 unspecified atom stereocenters. The summed E-state index contributed by atoms with van der Waals surface area (Å²) >= 11 is 0. The van der Waals surface area contributed by atoms with E-state index in [-0.39, 0.29) is 0 Å². The van der Waals surface area contributed by atoms with Crippen LogP contribution in [-0.2, 0) is 6.42 Å². The number of carboxylic acids is 1. The van der Waals surface area contributed by atoms with Crippen molar-refractivity contribution in [3.8, 4) is 0 Å². The van der Waals surface area contributed by atoms with Gasteiger partial charge in [-0.15, -0.1) is 0 Å². The molecule has 1 N–H and O–H groups in total. The largest absolute Gasteiger partial charge is 0.478 e. The summed E-state index contributed by atoms with van der Waals surface area (Å²) in [5, 5.41) is 9.30. The predicted molar refractivity (Wildman–Crippen MR) is 82.0 cm³/mol. The molecule has 2 fully saturated rings. The van der Waals surface area contributed by atoms with Gasteiger partial charge in [-0.3, -0.25) is 4.90 Å². The Kier molecular flexibility index (Phi) is 4.10. The Hall–Kier alpha value is -1.62. The number of anilines is 1. The van der Waals surface area contributed by atoms with Crippen LogP contribution in [0.4, 0.5) is 5.82 Å². The molecule has 2 aliphatic heterocycles. The standard InChI is InChI=1S/C16H23N3O2/c1-2-4-13-9-12(16(20)21)10-15(17-13)19-8-7-18-6-3-5-14(18)11-19/h9-10,14H,2-8,11H2,1H3,(H,20,21). The summed E-state index contributed by atoms with van der Waals surface area (Å²) in [6, 6.07) is 4.05. The molecule has 0 saturated carbocycles. The van der Waals surface area contributed by atoms with E-state index in [2.05, 4.69) is 21.7 Å². The van der Waals surface area contributed by atoms with Crippen molar-refractivity contribution in [2.24, 2.45) is 0 Å². The lowest BCUT2D eigenvalue weighted by atomic mass is 10.1. The van der Waals surface area contributed by atoms with E-state index in [4.69, 9.17) is 0 Å². The van der Waals surface area contributed by atoms with Gasteiger partial charge >= 0.3 is 5.97 Å². The minimum absolute atomic E-state index is 0.359. The number of nitrogens with zero attached hydrogens (tertiary/aromatic N) is 3. The molecule has 5 nitrogen and oxygen atoms in total. The predicted octanol–water partition coefficient (Wildman–Crippen LogP) is 2.02. The molecule has 5 heteroatoms. The Labute approximate surface area is 125 Å². The zero-order valence-electron chi connectivity index (χ0n) is 12.6. The first-order valence-electron chi connectivity index (χ1n) is 7.90. The fraction of sp³-hybridized carbons (Fsp3) is 0.625. The molecule has 0 bridgehead atoms. The van der Waals surface area contributed by atoms with E-state index in [0.717, 1.165) is 44.0 Å². The van der Waals surface area contributed by atoms with Crippen molar-refractivity contribution >= 4 is 11.8 Å². The second kappa shape index (κ2) is 6.02. The number of hydrogen-bond donors (Lipinski definition) is 1. The van der Waals surface area contributed by atoms with E-state index in [1.54, 1.807) is 12.1 Å². The Morgan fingerprint density at radius 2 is 2.24 bits per heavy atom. The van der Waals surface area contributed by atoms with Crippen LogP contribution in [-0.4, -0.2) is 53.2 Å². The zero-order chi connectivity index (χ0) is 14.8. The van der Waals surface area contributed by atoms with Crippen molar-refractivity contribution < 1.29 is 9.90 Å². The van der Waals surface area contributed by atoms with Gasteiger partial charge in [0, 0.05) is 31.4 Å². The van der Waals surface area contributed by atoms with Gasteiger partial charge in [0.15, 0.2) is 0 Å². The maximum absolute atomic E-state index is 11.3. The number of aromatic nitrogens is 1. The molecular formula is C16H23N3O2. The molecule has 1 aromatic heterocycles. The molecule has 114 valence electrons.